The summed E-state index contributed by atoms with van der Waals surface area (Å²) >= 11 is 0. The van der Waals surface area contributed by atoms with Gasteiger partial charge in [-0.25, -0.2) is 0 Å². The average molecular weight is 232 g/mol. The van der Waals surface area contributed by atoms with E-state index in [0.29, 0.717) is 35.1 Å². The number of para-hydroxylation sites is 1. The van der Waals surface area contributed by atoms with Crippen LogP contribution in [0.4, 0.5) is 0 Å². The standard InChI is InChI=1S/C14H16O3/c1-2-5-10-13(8-9-15)17-12-7-4-3-6-11(12)14(10)16/h3-4,6-7,15H,2,5,8-9H2,1H3. The first kappa shape index (κ1) is 11.9. The van der Waals surface area contributed by atoms with Crippen LogP contribution in [-0.2, 0) is 12.8 Å². The normalized spacial score (nSPS) is 10.9. The van der Waals surface area contributed by atoms with E-state index in [4.69, 9.17) is 9.52 Å². The molecule has 0 aliphatic carbocycles. The molecule has 17 heavy (non-hydrogen) atoms. The highest BCUT2D eigenvalue weighted by molar-refractivity contribution is 5.77. The summed E-state index contributed by atoms with van der Waals surface area (Å²) in [5.41, 5.74) is 1.35. The first-order valence-corrected chi connectivity index (χ1v) is 5.92. The quantitative estimate of drug-likeness (QED) is 0.879. The molecule has 1 aromatic heterocycles. The van der Waals surface area contributed by atoms with Gasteiger partial charge in [-0.15, -0.1) is 0 Å². The third-order valence-electron chi connectivity index (χ3n) is 2.81. The maximum absolute atomic E-state index is 12.3. The minimum Gasteiger partial charge on any atom is -0.460 e. The molecule has 0 aliphatic heterocycles. The molecule has 3 nitrogen and oxygen atoms in total. The van der Waals surface area contributed by atoms with Crippen LogP contribution in [0.15, 0.2) is 33.5 Å². The second kappa shape index (κ2) is 5.15. The molecule has 0 aliphatic rings. The summed E-state index contributed by atoms with van der Waals surface area (Å²) in [4.78, 5) is 12.3. The predicted molar refractivity (Wildman–Crippen MR) is 67.3 cm³/mol. The fourth-order valence-corrected chi connectivity index (χ4v) is 2.03. The van der Waals surface area contributed by atoms with E-state index in [0.717, 1.165) is 6.42 Å². The third kappa shape index (κ3) is 2.24. The molecule has 0 atom stereocenters. The molecule has 2 rings (SSSR count). The van der Waals surface area contributed by atoms with Gasteiger partial charge in [0.2, 0.25) is 0 Å². The molecule has 0 saturated carbocycles. The second-order valence-electron chi connectivity index (χ2n) is 4.05. The summed E-state index contributed by atoms with van der Waals surface area (Å²) in [5.74, 6) is 0.623. The van der Waals surface area contributed by atoms with Gasteiger partial charge in [0.05, 0.1) is 12.0 Å². The topological polar surface area (TPSA) is 50.4 Å². The van der Waals surface area contributed by atoms with Gasteiger partial charge >= 0.3 is 0 Å². The van der Waals surface area contributed by atoms with Crippen LogP contribution in [0.3, 0.4) is 0 Å². The molecule has 0 spiro atoms. The molecule has 3 heteroatoms. The molecular formula is C14H16O3. The Hall–Kier alpha value is -1.61. The lowest BCUT2D eigenvalue weighted by molar-refractivity contribution is 0.287. The molecule has 0 bridgehead atoms. The molecule has 0 radical (unpaired) electrons. The molecule has 90 valence electrons. The minimum absolute atomic E-state index is 0.00199. The lowest BCUT2D eigenvalue weighted by Gasteiger charge is -2.07. The SMILES string of the molecule is CCCc1c(CCO)oc2ccccc2c1=O. The largest absolute Gasteiger partial charge is 0.460 e. The zero-order chi connectivity index (χ0) is 12.3. The van der Waals surface area contributed by atoms with E-state index in [9.17, 15) is 4.79 Å². The molecule has 0 amide bonds. The molecule has 0 fully saturated rings. The van der Waals surface area contributed by atoms with Crippen molar-refractivity contribution >= 4 is 11.0 Å². The van der Waals surface area contributed by atoms with Crippen LogP contribution in [0.25, 0.3) is 11.0 Å². The van der Waals surface area contributed by atoms with Crippen LogP contribution >= 0.6 is 0 Å². The van der Waals surface area contributed by atoms with E-state index < -0.39 is 0 Å². The zero-order valence-corrected chi connectivity index (χ0v) is 9.90. The summed E-state index contributed by atoms with van der Waals surface area (Å²) in [6.45, 7) is 2.02. The lowest BCUT2D eigenvalue weighted by Crippen LogP contribution is -2.13. The summed E-state index contributed by atoms with van der Waals surface area (Å²) < 4.78 is 5.71. The van der Waals surface area contributed by atoms with Crippen LogP contribution in [0.1, 0.15) is 24.7 Å². The predicted octanol–water partition coefficient (Wildman–Crippen LogP) is 2.28. The maximum Gasteiger partial charge on any atom is 0.196 e. The molecule has 1 N–H and O–H groups in total. The first-order chi connectivity index (χ1) is 8.27. The Labute approximate surface area is 99.7 Å². The monoisotopic (exact) mass is 232 g/mol. The molecule has 1 aromatic carbocycles. The Morgan fingerprint density at radius 2 is 2.00 bits per heavy atom. The highest BCUT2D eigenvalue weighted by atomic mass is 16.3. The van der Waals surface area contributed by atoms with E-state index in [1.165, 1.54) is 0 Å². The van der Waals surface area contributed by atoms with E-state index in [1.807, 2.05) is 19.1 Å². The van der Waals surface area contributed by atoms with E-state index >= 15 is 0 Å². The minimum atomic E-state index is -0.00199. The highest BCUT2D eigenvalue weighted by Gasteiger charge is 2.12. The van der Waals surface area contributed by atoms with Gasteiger partial charge in [0.1, 0.15) is 11.3 Å². The number of hydrogen-bond donors (Lipinski definition) is 1. The zero-order valence-electron chi connectivity index (χ0n) is 9.90. The summed E-state index contributed by atoms with van der Waals surface area (Å²) in [6.07, 6.45) is 1.99. The Morgan fingerprint density at radius 3 is 2.71 bits per heavy atom. The van der Waals surface area contributed by atoms with Crippen LogP contribution in [0, 0.1) is 0 Å². The van der Waals surface area contributed by atoms with Crippen molar-refractivity contribution in [3.05, 3.63) is 45.8 Å². The van der Waals surface area contributed by atoms with Crippen molar-refractivity contribution in [1.29, 1.82) is 0 Å². The molecular weight excluding hydrogens is 216 g/mol. The van der Waals surface area contributed by atoms with Gasteiger partial charge in [0.15, 0.2) is 5.43 Å². The fraction of sp³-hybridized carbons (Fsp3) is 0.357. The lowest BCUT2D eigenvalue weighted by atomic mass is 10.0. The molecule has 2 aromatic rings. The Balaban J connectivity index is 2.69. The van der Waals surface area contributed by atoms with Gasteiger partial charge in [0.25, 0.3) is 0 Å². The Bertz CT molecular complexity index is 569. The van der Waals surface area contributed by atoms with Gasteiger partial charge in [-0.2, -0.15) is 0 Å². The number of rotatable bonds is 4. The van der Waals surface area contributed by atoms with E-state index in [1.54, 1.807) is 12.1 Å². The van der Waals surface area contributed by atoms with Crippen molar-refractivity contribution < 1.29 is 9.52 Å². The van der Waals surface area contributed by atoms with E-state index in [2.05, 4.69) is 0 Å². The number of fused-ring (bicyclic) bond motifs is 1. The number of benzene rings is 1. The number of aliphatic hydroxyl groups excluding tert-OH is 1. The smallest absolute Gasteiger partial charge is 0.196 e. The van der Waals surface area contributed by atoms with E-state index in [-0.39, 0.29) is 12.0 Å². The molecule has 1 heterocycles. The summed E-state index contributed by atoms with van der Waals surface area (Å²) in [7, 11) is 0. The van der Waals surface area contributed by atoms with Crippen LogP contribution in [0.5, 0.6) is 0 Å². The first-order valence-electron chi connectivity index (χ1n) is 5.92. The highest BCUT2D eigenvalue weighted by Crippen LogP contribution is 2.17. The van der Waals surface area contributed by atoms with Crippen molar-refractivity contribution in [1.82, 2.24) is 0 Å². The van der Waals surface area contributed by atoms with Crippen molar-refractivity contribution in [2.75, 3.05) is 6.61 Å². The van der Waals surface area contributed by atoms with Gasteiger partial charge in [-0.3, -0.25) is 4.79 Å². The van der Waals surface area contributed by atoms with Crippen molar-refractivity contribution in [3.8, 4) is 0 Å². The van der Waals surface area contributed by atoms with Gasteiger partial charge < -0.3 is 9.52 Å². The Morgan fingerprint density at radius 1 is 1.24 bits per heavy atom. The molecule has 0 saturated heterocycles. The third-order valence-corrected chi connectivity index (χ3v) is 2.81. The van der Waals surface area contributed by atoms with Crippen LogP contribution in [0.2, 0.25) is 0 Å². The van der Waals surface area contributed by atoms with Crippen LogP contribution in [-0.4, -0.2) is 11.7 Å². The average Bonchev–Trinajstić information content (AvgIpc) is 2.34. The van der Waals surface area contributed by atoms with Crippen LogP contribution < -0.4 is 5.43 Å². The number of hydrogen-bond acceptors (Lipinski definition) is 3. The molecule has 0 unspecified atom stereocenters. The number of aliphatic hydroxyl groups is 1. The van der Waals surface area contributed by atoms with Crippen molar-refractivity contribution in [3.63, 3.8) is 0 Å². The van der Waals surface area contributed by atoms with Gasteiger partial charge in [0, 0.05) is 12.0 Å². The van der Waals surface area contributed by atoms with Gasteiger partial charge in [-0.05, 0) is 18.6 Å². The second-order valence-corrected chi connectivity index (χ2v) is 4.05. The Kier molecular flexibility index (Phi) is 3.59. The van der Waals surface area contributed by atoms with Gasteiger partial charge in [-0.1, -0.05) is 25.5 Å². The van der Waals surface area contributed by atoms with Crippen molar-refractivity contribution in [2.24, 2.45) is 0 Å². The summed E-state index contributed by atoms with van der Waals surface area (Å²) in [6, 6.07) is 7.24. The maximum atomic E-state index is 12.3. The fourth-order valence-electron chi connectivity index (χ4n) is 2.03. The van der Waals surface area contributed by atoms with Crippen molar-refractivity contribution in [2.45, 2.75) is 26.2 Å². The summed E-state index contributed by atoms with van der Waals surface area (Å²) in [5, 5.41) is 9.64.